The van der Waals surface area contributed by atoms with E-state index in [1.165, 1.54) is 57.8 Å². The van der Waals surface area contributed by atoms with Gasteiger partial charge < -0.3 is 4.74 Å². The maximum absolute atomic E-state index is 5.79. The third-order valence-electron chi connectivity index (χ3n) is 4.04. The summed E-state index contributed by atoms with van der Waals surface area (Å²) in [5, 5.41) is 0. The number of hydrogen-bond donors (Lipinski definition) is 0. The fourth-order valence-electron chi connectivity index (χ4n) is 2.69. The van der Waals surface area contributed by atoms with Crippen molar-refractivity contribution in [2.45, 2.75) is 71.6 Å². The van der Waals surface area contributed by atoms with Crippen LogP contribution in [-0.2, 0) is 4.74 Å². The van der Waals surface area contributed by atoms with Crippen molar-refractivity contribution in [2.24, 2.45) is 11.8 Å². The molecule has 0 spiro atoms. The molecule has 1 nitrogen and oxygen atoms in total. The molecule has 0 amide bonds. The molecule has 0 radical (unpaired) electrons. The molecule has 0 heterocycles. The number of unbranched alkanes of at least 4 members (excludes halogenated alkanes) is 3. The van der Waals surface area contributed by atoms with Crippen LogP contribution in [0.3, 0.4) is 0 Å². The Morgan fingerprint density at radius 1 is 0.875 bits per heavy atom. The molecule has 0 aromatic rings. The van der Waals surface area contributed by atoms with Crippen molar-refractivity contribution in [2.75, 3.05) is 13.2 Å². The van der Waals surface area contributed by atoms with Crippen molar-refractivity contribution < 1.29 is 4.74 Å². The van der Waals surface area contributed by atoms with Crippen LogP contribution in [0.25, 0.3) is 0 Å². The average Bonchev–Trinajstić information content (AvgIpc) is 2.34. The molecule has 0 saturated heterocycles. The van der Waals surface area contributed by atoms with Gasteiger partial charge in [-0.1, -0.05) is 52.4 Å². The zero-order chi connectivity index (χ0) is 11.6. The quantitative estimate of drug-likeness (QED) is 0.540. The predicted octanol–water partition coefficient (Wildman–Crippen LogP) is 4.80. The molecule has 0 aromatic heterocycles. The molecule has 1 fully saturated rings. The van der Waals surface area contributed by atoms with Crippen molar-refractivity contribution in [3.05, 3.63) is 0 Å². The first-order valence-corrected chi connectivity index (χ1v) is 7.44. The van der Waals surface area contributed by atoms with E-state index in [9.17, 15) is 0 Å². The standard InChI is InChI=1S/C15H30O/c1-3-5-6-7-12-16-13-15-10-8-14(4-2)9-11-15/h14-15H,3-13H2,1-2H3. The van der Waals surface area contributed by atoms with Crippen LogP contribution in [0, 0.1) is 11.8 Å². The van der Waals surface area contributed by atoms with Gasteiger partial charge >= 0.3 is 0 Å². The van der Waals surface area contributed by atoms with Crippen LogP contribution in [0.15, 0.2) is 0 Å². The maximum atomic E-state index is 5.79. The lowest BCUT2D eigenvalue weighted by atomic mass is 9.81. The molecule has 0 N–H and O–H groups in total. The first-order valence-electron chi connectivity index (χ1n) is 7.44. The smallest absolute Gasteiger partial charge is 0.0494 e. The lowest BCUT2D eigenvalue weighted by Crippen LogP contribution is -2.18. The fourth-order valence-corrected chi connectivity index (χ4v) is 2.69. The fraction of sp³-hybridized carbons (Fsp3) is 1.00. The van der Waals surface area contributed by atoms with Crippen molar-refractivity contribution >= 4 is 0 Å². The van der Waals surface area contributed by atoms with Gasteiger partial charge in [0, 0.05) is 13.2 Å². The van der Waals surface area contributed by atoms with Gasteiger partial charge in [0.05, 0.1) is 0 Å². The summed E-state index contributed by atoms with van der Waals surface area (Å²) >= 11 is 0. The van der Waals surface area contributed by atoms with Crippen LogP contribution in [0.1, 0.15) is 71.6 Å². The van der Waals surface area contributed by atoms with Crippen LogP contribution in [0.2, 0.25) is 0 Å². The normalized spacial score (nSPS) is 25.9. The molecule has 16 heavy (non-hydrogen) atoms. The Balaban J connectivity index is 1.90. The molecule has 0 aliphatic heterocycles. The topological polar surface area (TPSA) is 9.23 Å². The van der Waals surface area contributed by atoms with Crippen molar-refractivity contribution in [1.29, 1.82) is 0 Å². The van der Waals surface area contributed by atoms with E-state index in [-0.39, 0.29) is 0 Å². The highest BCUT2D eigenvalue weighted by molar-refractivity contribution is 4.71. The zero-order valence-corrected chi connectivity index (χ0v) is 11.3. The Morgan fingerprint density at radius 3 is 2.19 bits per heavy atom. The van der Waals surface area contributed by atoms with Gasteiger partial charge in [-0.25, -0.2) is 0 Å². The minimum Gasteiger partial charge on any atom is -0.381 e. The Kier molecular flexibility index (Phi) is 7.92. The second kappa shape index (κ2) is 9.04. The molecular formula is C15H30O. The molecule has 1 rings (SSSR count). The third-order valence-corrected chi connectivity index (χ3v) is 4.04. The van der Waals surface area contributed by atoms with Crippen LogP contribution in [0.4, 0.5) is 0 Å². The van der Waals surface area contributed by atoms with Gasteiger partial charge in [-0.3, -0.25) is 0 Å². The molecule has 0 aromatic carbocycles. The summed E-state index contributed by atoms with van der Waals surface area (Å²) in [5.41, 5.74) is 0. The molecule has 0 unspecified atom stereocenters. The lowest BCUT2D eigenvalue weighted by molar-refractivity contribution is 0.0749. The van der Waals surface area contributed by atoms with Crippen LogP contribution >= 0.6 is 0 Å². The van der Waals surface area contributed by atoms with E-state index in [1.54, 1.807) is 0 Å². The summed E-state index contributed by atoms with van der Waals surface area (Å²) in [6, 6.07) is 0. The number of ether oxygens (including phenoxy) is 1. The van der Waals surface area contributed by atoms with Crippen LogP contribution in [-0.4, -0.2) is 13.2 Å². The summed E-state index contributed by atoms with van der Waals surface area (Å²) in [6.07, 6.45) is 12.4. The first kappa shape index (κ1) is 14.0. The number of rotatable bonds is 8. The Morgan fingerprint density at radius 2 is 1.56 bits per heavy atom. The second-order valence-corrected chi connectivity index (χ2v) is 5.43. The van der Waals surface area contributed by atoms with Crippen molar-refractivity contribution in [3.8, 4) is 0 Å². The second-order valence-electron chi connectivity index (χ2n) is 5.43. The van der Waals surface area contributed by atoms with Gasteiger partial charge in [-0.15, -0.1) is 0 Å². The minimum absolute atomic E-state index is 0.869. The van der Waals surface area contributed by atoms with Crippen molar-refractivity contribution in [3.63, 3.8) is 0 Å². The minimum atomic E-state index is 0.869. The van der Waals surface area contributed by atoms with Gasteiger partial charge in [-0.05, 0) is 31.1 Å². The summed E-state index contributed by atoms with van der Waals surface area (Å²) in [7, 11) is 0. The number of hydrogen-bond acceptors (Lipinski definition) is 1. The highest BCUT2D eigenvalue weighted by atomic mass is 16.5. The molecular weight excluding hydrogens is 196 g/mol. The van der Waals surface area contributed by atoms with Crippen LogP contribution < -0.4 is 0 Å². The van der Waals surface area contributed by atoms with E-state index in [1.807, 2.05) is 0 Å². The van der Waals surface area contributed by atoms with Gasteiger partial charge in [0.15, 0.2) is 0 Å². The van der Waals surface area contributed by atoms with Crippen molar-refractivity contribution in [1.82, 2.24) is 0 Å². The SMILES string of the molecule is CCCCCCOCC1CCC(CC)CC1. The summed E-state index contributed by atoms with van der Waals surface area (Å²) < 4.78 is 5.79. The van der Waals surface area contributed by atoms with E-state index in [4.69, 9.17) is 4.74 Å². The van der Waals surface area contributed by atoms with E-state index in [0.29, 0.717) is 0 Å². The Hall–Kier alpha value is -0.0400. The Bertz CT molecular complexity index is 148. The van der Waals surface area contributed by atoms with Gasteiger partial charge in [0.1, 0.15) is 0 Å². The first-order chi connectivity index (χ1) is 7.86. The Labute approximate surface area is 102 Å². The van der Waals surface area contributed by atoms with E-state index in [2.05, 4.69) is 13.8 Å². The van der Waals surface area contributed by atoms with E-state index >= 15 is 0 Å². The maximum Gasteiger partial charge on any atom is 0.0494 e. The van der Waals surface area contributed by atoms with Gasteiger partial charge in [0.25, 0.3) is 0 Å². The molecule has 1 aliphatic rings. The van der Waals surface area contributed by atoms with E-state index < -0.39 is 0 Å². The molecule has 0 bridgehead atoms. The highest BCUT2D eigenvalue weighted by Gasteiger charge is 2.19. The largest absolute Gasteiger partial charge is 0.381 e. The van der Waals surface area contributed by atoms with Gasteiger partial charge in [0.2, 0.25) is 0 Å². The monoisotopic (exact) mass is 226 g/mol. The van der Waals surface area contributed by atoms with E-state index in [0.717, 1.165) is 25.0 Å². The molecule has 1 saturated carbocycles. The highest BCUT2D eigenvalue weighted by Crippen LogP contribution is 2.30. The predicted molar refractivity (Wildman–Crippen MR) is 70.7 cm³/mol. The molecule has 0 atom stereocenters. The lowest BCUT2D eigenvalue weighted by Gasteiger charge is -2.27. The summed E-state index contributed by atoms with van der Waals surface area (Å²) in [4.78, 5) is 0. The summed E-state index contributed by atoms with van der Waals surface area (Å²) in [5.74, 6) is 1.88. The third kappa shape index (κ3) is 5.89. The van der Waals surface area contributed by atoms with Crippen LogP contribution in [0.5, 0.6) is 0 Å². The molecule has 96 valence electrons. The zero-order valence-electron chi connectivity index (χ0n) is 11.3. The average molecular weight is 226 g/mol. The molecule has 1 aliphatic carbocycles. The van der Waals surface area contributed by atoms with Gasteiger partial charge in [-0.2, -0.15) is 0 Å². The molecule has 1 heteroatoms. The summed E-state index contributed by atoms with van der Waals surface area (Å²) in [6.45, 7) is 6.61.